The first-order valence-corrected chi connectivity index (χ1v) is 13.3. The summed E-state index contributed by atoms with van der Waals surface area (Å²) in [6.07, 6.45) is 5.43. The van der Waals surface area contributed by atoms with Gasteiger partial charge in [-0.25, -0.2) is 0 Å². The van der Waals surface area contributed by atoms with E-state index in [9.17, 15) is 14.4 Å². The van der Waals surface area contributed by atoms with E-state index in [0.29, 0.717) is 41.5 Å². The summed E-state index contributed by atoms with van der Waals surface area (Å²) in [6, 6.07) is 12.6. The van der Waals surface area contributed by atoms with Gasteiger partial charge in [0.25, 0.3) is 17.7 Å². The fourth-order valence-electron chi connectivity index (χ4n) is 4.85. The topological polar surface area (TPSA) is 86.1 Å². The number of piperidine rings is 1. The minimum absolute atomic E-state index is 0.00955. The summed E-state index contributed by atoms with van der Waals surface area (Å²) in [6.45, 7) is 3.98. The van der Waals surface area contributed by atoms with Gasteiger partial charge in [-0.1, -0.05) is 6.07 Å². The van der Waals surface area contributed by atoms with E-state index >= 15 is 0 Å². The van der Waals surface area contributed by atoms with E-state index in [2.05, 4.69) is 10.2 Å². The summed E-state index contributed by atoms with van der Waals surface area (Å²) < 4.78 is 5.30. The Kier molecular flexibility index (Phi) is 7.36. The molecular formula is C27H30N4O4S. The van der Waals surface area contributed by atoms with Crippen LogP contribution in [0, 0.1) is 0 Å². The van der Waals surface area contributed by atoms with Crippen molar-refractivity contribution in [1.82, 2.24) is 9.80 Å². The summed E-state index contributed by atoms with van der Waals surface area (Å²) >= 11 is 1.38. The molecule has 2 saturated heterocycles. The summed E-state index contributed by atoms with van der Waals surface area (Å²) in [5.41, 5.74) is 2.03. The van der Waals surface area contributed by atoms with Gasteiger partial charge in [0.15, 0.2) is 5.76 Å². The van der Waals surface area contributed by atoms with E-state index < -0.39 is 0 Å². The normalized spacial score (nSPS) is 16.5. The molecule has 3 aromatic rings. The highest BCUT2D eigenvalue weighted by Gasteiger charge is 2.27. The zero-order valence-corrected chi connectivity index (χ0v) is 21.0. The highest BCUT2D eigenvalue weighted by molar-refractivity contribution is 7.12. The first kappa shape index (κ1) is 24.1. The fourth-order valence-corrected chi connectivity index (χ4v) is 5.47. The lowest BCUT2D eigenvalue weighted by atomic mass is 10.1. The van der Waals surface area contributed by atoms with Crippen LogP contribution < -0.4 is 10.2 Å². The zero-order valence-electron chi connectivity index (χ0n) is 20.2. The molecule has 36 heavy (non-hydrogen) atoms. The number of amides is 3. The third-order valence-corrected chi connectivity index (χ3v) is 7.60. The number of nitrogens with one attached hydrogen (secondary N) is 1. The van der Waals surface area contributed by atoms with Crippen LogP contribution in [0.3, 0.4) is 0 Å². The van der Waals surface area contributed by atoms with E-state index in [-0.39, 0.29) is 17.7 Å². The molecule has 0 bridgehead atoms. The molecule has 5 rings (SSSR count). The van der Waals surface area contributed by atoms with Gasteiger partial charge in [0.05, 0.1) is 16.7 Å². The third kappa shape index (κ3) is 5.31. The summed E-state index contributed by atoms with van der Waals surface area (Å²) in [5, 5.41) is 4.81. The Balaban J connectivity index is 1.38. The molecule has 0 saturated carbocycles. The Morgan fingerprint density at radius 3 is 2.36 bits per heavy atom. The molecule has 2 aliphatic heterocycles. The number of nitrogens with zero attached hydrogens (tertiary/aromatic N) is 3. The van der Waals surface area contributed by atoms with E-state index in [0.717, 1.165) is 51.0 Å². The molecule has 188 valence electrons. The minimum Gasteiger partial charge on any atom is -0.459 e. The maximum absolute atomic E-state index is 13.7. The molecule has 0 spiro atoms. The second-order valence-electron chi connectivity index (χ2n) is 9.13. The van der Waals surface area contributed by atoms with Gasteiger partial charge in [-0.05, 0) is 67.5 Å². The van der Waals surface area contributed by atoms with Crippen LogP contribution in [-0.2, 0) is 0 Å². The quantitative estimate of drug-likeness (QED) is 0.548. The zero-order chi connectivity index (χ0) is 24.9. The number of hydrogen-bond acceptors (Lipinski definition) is 6. The lowest BCUT2D eigenvalue weighted by Gasteiger charge is -2.30. The van der Waals surface area contributed by atoms with Gasteiger partial charge >= 0.3 is 0 Å². The number of furan rings is 1. The van der Waals surface area contributed by atoms with Crippen molar-refractivity contribution < 1.29 is 18.8 Å². The van der Waals surface area contributed by atoms with Gasteiger partial charge < -0.3 is 24.4 Å². The molecule has 8 nitrogen and oxygen atoms in total. The summed E-state index contributed by atoms with van der Waals surface area (Å²) in [7, 11) is 0. The third-order valence-electron chi connectivity index (χ3n) is 6.73. The molecule has 2 fully saturated rings. The number of rotatable bonds is 5. The Morgan fingerprint density at radius 2 is 1.61 bits per heavy atom. The van der Waals surface area contributed by atoms with Gasteiger partial charge in [-0.15, -0.1) is 11.3 Å². The molecule has 2 aliphatic rings. The smallest absolute Gasteiger partial charge is 0.289 e. The second-order valence-corrected chi connectivity index (χ2v) is 10.1. The van der Waals surface area contributed by atoms with Crippen LogP contribution in [0.5, 0.6) is 0 Å². The standard InChI is InChI=1S/C27H30N4O4S/c32-25(24-8-5-18-36-24)28-20-9-10-22(21(19-20)26(33)30-11-2-1-3-12-30)29-13-6-14-31(16-15-29)27(34)23-7-4-17-35-23/h4-5,7-10,17-19H,1-3,6,11-16H2,(H,28,32). The molecule has 0 unspecified atom stereocenters. The van der Waals surface area contributed by atoms with Crippen LogP contribution in [0.2, 0.25) is 0 Å². The molecule has 3 amide bonds. The number of hydrogen-bond donors (Lipinski definition) is 1. The van der Waals surface area contributed by atoms with Crippen LogP contribution >= 0.6 is 11.3 Å². The molecule has 0 radical (unpaired) electrons. The van der Waals surface area contributed by atoms with Gasteiger partial charge in [-0.3, -0.25) is 14.4 Å². The number of thiophene rings is 1. The van der Waals surface area contributed by atoms with E-state index in [1.54, 1.807) is 29.2 Å². The first-order valence-electron chi connectivity index (χ1n) is 12.5. The lowest BCUT2D eigenvalue weighted by molar-refractivity contribution is 0.0720. The van der Waals surface area contributed by atoms with Crippen molar-refractivity contribution >= 4 is 40.4 Å². The van der Waals surface area contributed by atoms with Crippen molar-refractivity contribution in [2.45, 2.75) is 25.7 Å². The van der Waals surface area contributed by atoms with Crippen molar-refractivity contribution in [1.29, 1.82) is 0 Å². The van der Waals surface area contributed by atoms with Crippen molar-refractivity contribution in [3.05, 3.63) is 70.3 Å². The van der Waals surface area contributed by atoms with Gasteiger partial charge in [0.2, 0.25) is 0 Å². The van der Waals surface area contributed by atoms with Crippen LogP contribution in [0.4, 0.5) is 11.4 Å². The molecule has 1 N–H and O–H groups in total. The number of benzene rings is 1. The molecule has 0 aliphatic carbocycles. The van der Waals surface area contributed by atoms with Crippen molar-refractivity contribution in [3.8, 4) is 0 Å². The van der Waals surface area contributed by atoms with E-state index in [4.69, 9.17) is 4.42 Å². The Labute approximate surface area is 214 Å². The molecule has 9 heteroatoms. The Hall–Kier alpha value is -3.59. The minimum atomic E-state index is -0.184. The second kappa shape index (κ2) is 11.0. The van der Waals surface area contributed by atoms with Crippen molar-refractivity contribution in [2.24, 2.45) is 0 Å². The highest BCUT2D eigenvalue weighted by atomic mass is 32.1. The Morgan fingerprint density at radius 1 is 0.806 bits per heavy atom. The summed E-state index contributed by atoms with van der Waals surface area (Å²) in [4.78, 5) is 45.6. The molecule has 1 aromatic carbocycles. The molecule has 0 atom stereocenters. The SMILES string of the molecule is O=C(Nc1ccc(N2CCCN(C(=O)c3ccco3)CC2)c(C(=O)N2CCCCC2)c1)c1cccs1. The monoisotopic (exact) mass is 506 g/mol. The molecule has 4 heterocycles. The van der Waals surface area contributed by atoms with E-state index in [1.807, 2.05) is 28.5 Å². The van der Waals surface area contributed by atoms with Crippen LogP contribution in [0.25, 0.3) is 0 Å². The fraction of sp³-hybridized carbons (Fsp3) is 0.370. The highest BCUT2D eigenvalue weighted by Crippen LogP contribution is 2.29. The van der Waals surface area contributed by atoms with Crippen LogP contribution in [0.15, 0.2) is 58.5 Å². The molecular weight excluding hydrogens is 476 g/mol. The number of anilines is 2. The number of carbonyl (C=O) groups excluding carboxylic acids is 3. The predicted molar refractivity (Wildman–Crippen MR) is 140 cm³/mol. The Bertz CT molecular complexity index is 1200. The van der Waals surface area contributed by atoms with Gasteiger partial charge in [-0.2, -0.15) is 0 Å². The van der Waals surface area contributed by atoms with Gasteiger partial charge in [0, 0.05) is 50.6 Å². The largest absolute Gasteiger partial charge is 0.459 e. The van der Waals surface area contributed by atoms with E-state index in [1.165, 1.54) is 17.6 Å². The average Bonchev–Trinajstić information content (AvgIpc) is 3.60. The average molecular weight is 507 g/mol. The van der Waals surface area contributed by atoms with Crippen molar-refractivity contribution in [3.63, 3.8) is 0 Å². The van der Waals surface area contributed by atoms with Gasteiger partial charge in [0.1, 0.15) is 0 Å². The van der Waals surface area contributed by atoms with Crippen LogP contribution in [-0.4, -0.2) is 66.8 Å². The van der Waals surface area contributed by atoms with Crippen LogP contribution in [0.1, 0.15) is 56.3 Å². The lowest BCUT2D eigenvalue weighted by Crippen LogP contribution is -2.38. The van der Waals surface area contributed by atoms with Crippen molar-refractivity contribution in [2.75, 3.05) is 49.5 Å². The first-order chi connectivity index (χ1) is 17.6. The molecule has 2 aromatic heterocycles. The maximum atomic E-state index is 13.7. The summed E-state index contributed by atoms with van der Waals surface area (Å²) in [5.74, 6) is 0.0361. The number of likely N-dealkylation sites (tertiary alicyclic amines) is 1. The maximum Gasteiger partial charge on any atom is 0.289 e. The predicted octanol–water partition coefficient (Wildman–Crippen LogP) is 4.57. The number of carbonyl (C=O) groups is 3.